The van der Waals surface area contributed by atoms with E-state index in [4.69, 9.17) is 4.74 Å². The van der Waals surface area contributed by atoms with Gasteiger partial charge in [0.2, 0.25) is 0 Å². The zero-order valence-electron chi connectivity index (χ0n) is 15.1. The van der Waals surface area contributed by atoms with E-state index in [1.807, 2.05) is 42.6 Å². The van der Waals surface area contributed by atoms with E-state index < -0.39 is 0 Å². The van der Waals surface area contributed by atoms with E-state index in [0.717, 1.165) is 5.69 Å². The van der Waals surface area contributed by atoms with Crippen LogP contribution in [0.1, 0.15) is 21.7 Å². The first-order valence-corrected chi connectivity index (χ1v) is 9.55. The largest absolute Gasteiger partial charge is 0.485 e. The zero-order chi connectivity index (χ0) is 19.5. The van der Waals surface area contributed by atoms with Crippen LogP contribution < -0.4 is 15.6 Å². The highest BCUT2D eigenvalue weighted by molar-refractivity contribution is 7.15. The van der Waals surface area contributed by atoms with Crippen LogP contribution in [0.2, 0.25) is 0 Å². The fraction of sp³-hybridized carbons (Fsp3) is 0.0952. The molecule has 28 heavy (non-hydrogen) atoms. The van der Waals surface area contributed by atoms with Crippen LogP contribution in [0, 0.1) is 6.92 Å². The molecule has 0 radical (unpaired) electrons. The summed E-state index contributed by atoms with van der Waals surface area (Å²) in [6.07, 6.45) is 0. The van der Waals surface area contributed by atoms with E-state index in [1.54, 1.807) is 28.7 Å². The molecular formula is C21H17N3O3S. The minimum atomic E-state index is -0.219. The standard InChI is InChI=1S/C21H17N3O3S/c1-14-13-28-21-22-16(11-19(25)24(14)21)12-27-18-10-6-5-9-17(18)23-20(26)15-7-3-2-4-8-15/h2-11,13H,12H2,1H3,(H,23,26). The number of aromatic nitrogens is 2. The number of aryl methyl sites for hydroxylation is 1. The molecule has 2 aromatic carbocycles. The Hall–Kier alpha value is -3.45. The normalized spacial score (nSPS) is 10.8. The van der Waals surface area contributed by atoms with Gasteiger partial charge in [-0.2, -0.15) is 0 Å². The van der Waals surface area contributed by atoms with Gasteiger partial charge in [0.1, 0.15) is 12.4 Å². The molecule has 0 aliphatic heterocycles. The molecule has 7 heteroatoms. The summed E-state index contributed by atoms with van der Waals surface area (Å²) in [6.45, 7) is 2.00. The monoisotopic (exact) mass is 391 g/mol. The molecule has 6 nitrogen and oxygen atoms in total. The van der Waals surface area contributed by atoms with Crippen molar-refractivity contribution < 1.29 is 9.53 Å². The van der Waals surface area contributed by atoms with Crippen LogP contribution in [-0.2, 0) is 6.61 Å². The summed E-state index contributed by atoms with van der Waals surface area (Å²) >= 11 is 1.41. The van der Waals surface area contributed by atoms with E-state index in [-0.39, 0.29) is 18.1 Å². The molecule has 0 bridgehead atoms. The van der Waals surface area contributed by atoms with Crippen LogP contribution in [-0.4, -0.2) is 15.3 Å². The predicted molar refractivity (Wildman–Crippen MR) is 109 cm³/mol. The topological polar surface area (TPSA) is 72.7 Å². The van der Waals surface area contributed by atoms with E-state index in [9.17, 15) is 9.59 Å². The van der Waals surface area contributed by atoms with Gasteiger partial charge in [0.15, 0.2) is 4.96 Å². The maximum Gasteiger partial charge on any atom is 0.259 e. The SMILES string of the molecule is Cc1csc2nc(COc3ccccc3NC(=O)c3ccccc3)cc(=O)n12. The Morgan fingerprint density at radius 3 is 2.71 bits per heavy atom. The van der Waals surface area contributed by atoms with Crippen LogP contribution in [0.5, 0.6) is 5.75 Å². The number of benzene rings is 2. The third-order valence-electron chi connectivity index (χ3n) is 4.18. The van der Waals surface area contributed by atoms with Gasteiger partial charge in [-0.05, 0) is 31.2 Å². The van der Waals surface area contributed by atoms with E-state index in [0.29, 0.717) is 27.7 Å². The van der Waals surface area contributed by atoms with Crippen LogP contribution in [0.15, 0.2) is 70.8 Å². The molecule has 0 aliphatic rings. The first-order valence-electron chi connectivity index (χ1n) is 8.67. The summed E-state index contributed by atoms with van der Waals surface area (Å²) < 4.78 is 7.42. The van der Waals surface area contributed by atoms with Crippen molar-refractivity contribution in [2.75, 3.05) is 5.32 Å². The molecule has 0 unspecified atom stereocenters. The number of rotatable bonds is 5. The first kappa shape index (κ1) is 17.9. The Kier molecular flexibility index (Phi) is 4.90. The summed E-state index contributed by atoms with van der Waals surface area (Å²) in [5, 5.41) is 4.75. The van der Waals surface area contributed by atoms with Crippen molar-refractivity contribution in [3.8, 4) is 5.75 Å². The molecular weight excluding hydrogens is 374 g/mol. The number of hydrogen-bond acceptors (Lipinski definition) is 5. The fourth-order valence-electron chi connectivity index (χ4n) is 2.81. The number of amides is 1. The summed E-state index contributed by atoms with van der Waals surface area (Å²) in [4.78, 5) is 29.8. The molecule has 0 saturated carbocycles. The van der Waals surface area contributed by atoms with Gasteiger partial charge in [-0.1, -0.05) is 30.3 Å². The molecule has 0 spiro atoms. The summed E-state index contributed by atoms with van der Waals surface area (Å²) in [6, 6.07) is 17.6. The number of nitrogens with one attached hydrogen (secondary N) is 1. The van der Waals surface area contributed by atoms with Crippen LogP contribution in [0.4, 0.5) is 5.69 Å². The van der Waals surface area contributed by atoms with Gasteiger partial charge >= 0.3 is 0 Å². The summed E-state index contributed by atoms with van der Waals surface area (Å²) in [5.41, 5.74) is 2.38. The van der Waals surface area contributed by atoms with Crippen molar-refractivity contribution in [3.63, 3.8) is 0 Å². The lowest BCUT2D eigenvalue weighted by molar-refractivity contribution is 0.102. The number of fused-ring (bicyclic) bond motifs is 1. The van der Waals surface area contributed by atoms with Crippen LogP contribution in [0.3, 0.4) is 0 Å². The Labute approximate surface area is 165 Å². The molecule has 0 fully saturated rings. The molecule has 0 atom stereocenters. The van der Waals surface area contributed by atoms with Gasteiger partial charge in [-0.3, -0.25) is 14.0 Å². The highest BCUT2D eigenvalue weighted by atomic mass is 32.1. The molecule has 0 saturated heterocycles. The Morgan fingerprint density at radius 1 is 1.14 bits per heavy atom. The number of hydrogen-bond donors (Lipinski definition) is 1. The van der Waals surface area contributed by atoms with E-state index >= 15 is 0 Å². The highest BCUT2D eigenvalue weighted by Gasteiger charge is 2.11. The third kappa shape index (κ3) is 3.65. The van der Waals surface area contributed by atoms with Crippen LogP contribution in [0.25, 0.3) is 4.96 Å². The molecule has 140 valence electrons. The Bertz CT molecular complexity index is 1200. The lowest BCUT2D eigenvalue weighted by atomic mass is 10.2. The van der Waals surface area contributed by atoms with Crippen molar-refractivity contribution in [1.29, 1.82) is 0 Å². The van der Waals surface area contributed by atoms with Gasteiger partial charge in [0.05, 0.1) is 11.4 Å². The average Bonchev–Trinajstić information content (AvgIpc) is 3.09. The lowest BCUT2D eigenvalue weighted by Crippen LogP contribution is -2.16. The number of nitrogens with zero attached hydrogens (tertiary/aromatic N) is 2. The molecule has 1 amide bonds. The van der Waals surface area contributed by atoms with Crippen molar-refractivity contribution in [1.82, 2.24) is 9.38 Å². The van der Waals surface area contributed by atoms with Gasteiger partial charge in [-0.25, -0.2) is 4.98 Å². The molecule has 2 heterocycles. The van der Waals surface area contributed by atoms with Crippen molar-refractivity contribution in [3.05, 3.63) is 93.3 Å². The van der Waals surface area contributed by atoms with Crippen LogP contribution >= 0.6 is 11.3 Å². The Balaban J connectivity index is 1.53. The number of carbonyl (C=O) groups excluding carboxylic acids is 1. The summed E-state index contributed by atoms with van der Waals surface area (Å²) in [5.74, 6) is 0.291. The molecule has 1 N–H and O–H groups in total. The fourth-order valence-corrected chi connectivity index (χ4v) is 3.70. The van der Waals surface area contributed by atoms with Gasteiger partial charge < -0.3 is 10.1 Å². The lowest BCUT2D eigenvalue weighted by Gasteiger charge is -2.12. The maximum atomic E-state index is 12.4. The number of anilines is 1. The van der Waals surface area contributed by atoms with Gasteiger partial charge in [0.25, 0.3) is 11.5 Å². The minimum Gasteiger partial charge on any atom is -0.485 e. The maximum absolute atomic E-state index is 12.4. The average molecular weight is 391 g/mol. The summed E-state index contributed by atoms with van der Waals surface area (Å²) in [7, 11) is 0. The second kappa shape index (κ2) is 7.66. The number of carbonyl (C=O) groups is 1. The number of para-hydroxylation sites is 2. The van der Waals surface area contributed by atoms with Crippen molar-refractivity contribution >= 4 is 27.9 Å². The zero-order valence-corrected chi connectivity index (χ0v) is 15.9. The van der Waals surface area contributed by atoms with Crippen molar-refractivity contribution in [2.45, 2.75) is 13.5 Å². The smallest absolute Gasteiger partial charge is 0.259 e. The Morgan fingerprint density at radius 2 is 1.89 bits per heavy atom. The number of ether oxygens (including phenoxy) is 1. The quantitative estimate of drug-likeness (QED) is 0.560. The molecule has 4 aromatic rings. The molecule has 0 aliphatic carbocycles. The van der Waals surface area contributed by atoms with E-state index in [1.165, 1.54) is 17.4 Å². The molecule has 2 aromatic heterocycles. The van der Waals surface area contributed by atoms with Crippen molar-refractivity contribution in [2.24, 2.45) is 0 Å². The van der Waals surface area contributed by atoms with E-state index in [2.05, 4.69) is 10.3 Å². The second-order valence-electron chi connectivity index (χ2n) is 6.19. The van der Waals surface area contributed by atoms with Gasteiger partial charge in [-0.15, -0.1) is 11.3 Å². The second-order valence-corrected chi connectivity index (χ2v) is 7.02. The third-order valence-corrected chi connectivity index (χ3v) is 5.12. The first-order chi connectivity index (χ1) is 13.6. The highest BCUT2D eigenvalue weighted by Crippen LogP contribution is 2.25. The van der Waals surface area contributed by atoms with Gasteiger partial charge in [0, 0.05) is 22.7 Å². The number of thiazole rings is 1. The minimum absolute atomic E-state index is 0.126. The predicted octanol–water partition coefficient (Wildman–Crippen LogP) is 3.90. The molecule has 4 rings (SSSR count).